The van der Waals surface area contributed by atoms with E-state index >= 15 is 0 Å². The van der Waals surface area contributed by atoms with Crippen LogP contribution >= 0.6 is 0 Å². The lowest BCUT2D eigenvalue weighted by Crippen LogP contribution is -2.22. The predicted molar refractivity (Wildman–Crippen MR) is 116 cm³/mol. The highest BCUT2D eigenvalue weighted by atomic mass is 16.5. The van der Waals surface area contributed by atoms with Crippen LogP contribution in [0.1, 0.15) is 39.2 Å². The number of aromatic nitrogens is 3. The minimum absolute atomic E-state index is 0.164. The van der Waals surface area contributed by atoms with E-state index in [4.69, 9.17) is 4.74 Å². The summed E-state index contributed by atoms with van der Waals surface area (Å²) in [6, 6.07) is 5.40. The van der Waals surface area contributed by atoms with Crippen molar-refractivity contribution >= 4 is 28.5 Å². The maximum absolute atomic E-state index is 12.7. The number of fused-ring (bicyclic) bond motifs is 1. The zero-order chi connectivity index (χ0) is 22.0. The van der Waals surface area contributed by atoms with Gasteiger partial charge in [0.1, 0.15) is 0 Å². The summed E-state index contributed by atoms with van der Waals surface area (Å²) in [5.74, 6) is 0.134. The van der Waals surface area contributed by atoms with E-state index in [1.165, 1.54) is 0 Å². The Hall–Kier alpha value is -3.42. The molecular weight excluding hydrogens is 382 g/mol. The molecule has 0 saturated heterocycles. The maximum atomic E-state index is 12.7. The number of rotatable bonds is 6. The van der Waals surface area contributed by atoms with Gasteiger partial charge >= 0.3 is 0 Å². The fraction of sp³-hybridized carbons (Fsp3) is 0.364. The Labute approximate surface area is 175 Å². The van der Waals surface area contributed by atoms with Gasteiger partial charge in [0.25, 0.3) is 5.91 Å². The van der Waals surface area contributed by atoms with Gasteiger partial charge in [0.05, 0.1) is 23.7 Å². The highest BCUT2D eigenvalue weighted by Crippen LogP contribution is 2.30. The SMILES string of the molecule is CNC(=O)c1c(C)cccc1NC(=O)CCc1c(C)nc2c(c(OC)nn2C)c1C. The first kappa shape index (κ1) is 21.3. The van der Waals surface area contributed by atoms with Gasteiger partial charge in [-0.2, -0.15) is 0 Å². The smallest absolute Gasteiger partial charge is 0.253 e. The van der Waals surface area contributed by atoms with Gasteiger partial charge in [-0.3, -0.25) is 9.59 Å². The Bertz CT molecular complexity index is 1130. The fourth-order valence-electron chi connectivity index (χ4n) is 3.76. The standard InChI is InChI=1S/C22H27N5O3/c1-12-8-7-9-16(18(12)21(29)23-4)25-17(28)11-10-15-13(2)19-20(24-14(15)3)27(5)26-22(19)30-6/h7-9H,10-11H2,1-6H3,(H,23,29)(H,25,28). The molecule has 158 valence electrons. The van der Waals surface area contributed by atoms with E-state index in [0.29, 0.717) is 23.6 Å². The summed E-state index contributed by atoms with van der Waals surface area (Å²) in [7, 11) is 4.98. The second-order valence-electron chi connectivity index (χ2n) is 7.26. The van der Waals surface area contributed by atoms with Crippen LogP contribution in [0.5, 0.6) is 5.88 Å². The summed E-state index contributed by atoms with van der Waals surface area (Å²) < 4.78 is 7.09. The van der Waals surface area contributed by atoms with Crippen molar-refractivity contribution in [1.29, 1.82) is 0 Å². The number of ether oxygens (including phenoxy) is 1. The van der Waals surface area contributed by atoms with Gasteiger partial charge in [0.2, 0.25) is 11.8 Å². The van der Waals surface area contributed by atoms with Gasteiger partial charge in [-0.05, 0) is 49.9 Å². The Kier molecular flexibility index (Phi) is 6.05. The van der Waals surface area contributed by atoms with Crippen molar-refractivity contribution in [3.8, 4) is 5.88 Å². The third-order valence-corrected chi connectivity index (χ3v) is 5.32. The van der Waals surface area contributed by atoms with E-state index in [2.05, 4.69) is 20.7 Å². The van der Waals surface area contributed by atoms with Crippen LogP contribution in [0.2, 0.25) is 0 Å². The third kappa shape index (κ3) is 3.85. The average molecular weight is 409 g/mol. The number of anilines is 1. The summed E-state index contributed by atoms with van der Waals surface area (Å²) in [6.07, 6.45) is 0.782. The molecule has 8 nitrogen and oxygen atoms in total. The summed E-state index contributed by atoms with van der Waals surface area (Å²) in [6.45, 7) is 5.78. The molecule has 0 saturated carbocycles. The highest BCUT2D eigenvalue weighted by Gasteiger charge is 2.19. The molecule has 0 aliphatic carbocycles. The van der Waals surface area contributed by atoms with Crippen LogP contribution in [0.25, 0.3) is 11.0 Å². The van der Waals surface area contributed by atoms with Crippen LogP contribution in [0, 0.1) is 20.8 Å². The molecule has 8 heteroatoms. The molecule has 0 radical (unpaired) electrons. The number of nitrogens with zero attached hydrogens (tertiary/aromatic N) is 3. The molecule has 3 rings (SSSR count). The second-order valence-corrected chi connectivity index (χ2v) is 7.26. The van der Waals surface area contributed by atoms with E-state index < -0.39 is 0 Å². The van der Waals surface area contributed by atoms with Crippen molar-refractivity contribution in [2.75, 3.05) is 19.5 Å². The molecule has 2 aromatic heterocycles. The van der Waals surface area contributed by atoms with Crippen LogP contribution in [0.15, 0.2) is 18.2 Å². The number of carbonyl (C=O) groups excluding carboxylic acids is 2. The largest absolute Gasteiger partial charge is 0.479 e. The van der Waals surface area contributed by atoms with E-state index in [-0.39, 0.29) is 18.2 Å². The van der Waals surface area contributed by atoms with Crippen molar-refractivity contribution in [1.82, 2.24) is 20.1 Å². The minimum Gasteiger partial charge on any atom is -0.479 e. The van der Waals surface area contributed by atoms with Gasteiger partial charge in [-0.25, -0.2) is 9.67 Å². The van der Waals surface area contributed by atoms with Gasteiger partial charge in [0, 0.05) is 26.2 Å². The van der Waals surface area contributed by atoms with Crippen LogP contribution in [-0.2, 0) is 18.3 Å². The van der Waals surface area contributed by atoms with Gasteiger partial charge in [0.15, 0.2) is 5.65 Å². The van der Waals surface area contributed by atoms with Crippen LogP contribution < -0.4 is 15.4 Å². The molecule has 0 unspecified atom stereocenters. The van der Waals surface area contributed by atoms with Crippen molar-refractivity contribution in [2.24, 2.45) is 7.05 Å². The second kappa shape index (κ2) is 8.52. The molecule has 2 heterocycles. The number of nitrogens with one attached hydrogen (secondary N) is 2. The van der Waals surface area contributed by atoms with Gasteiger partial charge in [-0.15, -0.1) is 5.10 Å². The predicted octanol–water partition coefficient (Wildman–Crippen LogP) is 2.83. The Morgan fingerprint density at radius 3 is 2.60 bits per heavy atom. The normalized spacial score (nSPS) is 10.9. The monoisotopic (exact) mass is 409 g/mol. The minimum atomic E-state index is -0.228. The molecule has 30 heavy (non-hydrogen) atoms. The molecule has 0 aliphatic heterocycles. The highest BCUT2D eigenvalue weighted by molar-refractivity contribution is 6.04. The molecule has 3 aromatic rings. The van der Waals surface area contributed by atoms with E-state index in [0.717, 1.165) is 33.4 Å². The summed E-state index contributed by atoms with van der Waals surface area (Å²) >= 11 is 0. The first-order valence-corrected chi connectivity index (χ1v) is 9.76. The Morgan fingerprint density at radius 1 is 1.20 bits per heavy atom. The molecule has 0 spiro atoms. The van der Waals surface area contributed by atoms with Crippen molar-refractivity contribution < 1.29 is 14.3 Å². The number of benzene rings is 1. The quantitative estimate of drug-likeness (QED) is 0.652. The lowest BCUT2D eigenvalue weighted by atomic mass is 10.00. The Balaban J connectivity index is 1.83. The number of pyridine rings is 1. The Morgan fingerprint density at radius 2 is 1.93 bits per heavy atom. The van der Waals surface area contributed by atoms with Crippen LogP contribution in [-0.4, -0.2) is 40.7 Å². The number of hydrogen-bond acceptors (Lipinski definition) is 5. The number of methoxy groups -OCH3 is 1. The topological polar surface area (TPSA) is 98.1 Å². The van der Waals surface area contributed by atoms with Crippen LogP contribution in [0.4, 0.5) is 5.69 Å². The molecule has 1 aromatic carbocycles. The lowest BCUT2D eigenvalue weighted by Gasteiger charge is -2.14. The fourth-order valence-corrected chi connectivity index (χ4v) is 3.76. The molecule has 0 bridgehead atoms. The van der Waals surface area contributed by atoms with Gasteiger partial charge in [-0.1, -0.05) is 12.1 Å². The van der Waals surface area contributed by atoms with E-state index in [1.54, 1.807) is 24.9 Å². The van der Waals surface area contributed by atoms with E-state index in [1.807, 2.05) is 40.0 Å². The summed E-state index contributed by atoms with van der Waals surface area (Å²) in [5, 5.41) is 10.7. The molecule has 0 aliphatic rings. The zero-order valence-electron chi connectivity index (χ0n) is 18.2. The van der Waals surface area contributed by atoms with E-state index in [9.17, 15) is 9.59 Å². The average Bonchev–Trinajstić information content (AvgIpc) is 3.03. The summed E-state index contributed by atoms with van der Waals surface area (Å²) in [5.41, 5.74) is 5.41. The van der Waals surface area contributed by atoms with Gasteiger partial charge < -0.3 is 15.4 Å². The van der Waals surface area contributed by atoms with Crippen molar-refractivity contribution in [3.05, 3.63) is 46.1 Å². The van der Waals surface area contributed by atoms with Crippen molar-refractivity contribution in [2.45, 2.75) is 33.6 Å². The number of aryl methyl sites for hydroxylation is 4. The first-order chi connectivity index (χ1) is 14.3. The number of carbonyl (C=O) groups is 2. The lowest BCUT2D eigenvalue weighted by molar-refractivity contribution is -0.116. The molecule has 0 atom stereocenters. The first-order valence-electron chi connectivity index (χ1n) is 9.76. The molecule has 2 N–H and O–H groups in total. The maximum Gasteiger partial charge on any atom is 0.253 e. The molecule has 0 fully saturated rings. The molecule has 2 amide bonds. The van der Waals surface area contributed by atoms with Crippen LogP contribution in [0.3, 0.4) is 0 Å². The molecular formula is C22H27N5O3. The third-order valence-electron chi connectivity index (χ3n) is 5.32. The van der Waals surface area contributed by atoms with Crippen molar-refractivity contribution in [3.63, 3.8) is 0 Å². The number of amides is 2. The summed E-state index contributed by atoms with van der Waals surface area (Å²) in [4.78, 5) is 29.5. The zero-order valence-corrected chi connectivity index (χ0v) is 18.2. The number of hydrogen-bond donors (Lipinski definition) is 2.